The molecule has 2 rings (SSSR count). The summed E-state index contributed by atoms with van der Waals surface area (Å²) in [7, 11) is -0.542. The molecule has 1 saturated carbocycles. The number of nitriles is 1. The second-order valence-electron chi connectivity index (χ2n) is 6.99. The van der Waals surface area contributed by atoms with Crippen molar-refractivity contribution in [1.82, 2.24) is 5.32 Å². The van der Waals surface area contributed by atoms with Gasteiger partial charge in [-0.25, -0.2) is 0 Å². The molecule has 2 N–H and O–H groups in total. The van der Waals surface area contributed by atoms with Crippen LogP contribution in [0.15, 0.2) is 11.7 Å². The van der Waals surface area contributed by atoms with Gasteiger partial charge in [-0.3, -0.25) is 0 Å². The Kier molecular flexibility index (Phi) is 4.18. The van der Waals surface area contributed by atoms with E-state index in [1.165, 1.54) is 6.21 Å². The minimum atomic E-state index is -0.542. The van der Waals surface area contributed by atoms with Gasteiger partial charge in [-0.1, -0.05) is 0 Å². The Bertz CT molecular complexity index is 474. The Balaban J connectivity index is 2.09. The first-order valence-corrected chi connectivity index (χ1v) is 7.46. The first-order valence-electron chi connectivity index (χ1n) is 7.46. The molecule has 1 saturated heterocycles. The fraction of sp³-hybridized carbons (Fsp3) is 0.733. The lowest BCUT2D eigenvalue weighted by Gasteiger charge is -2.40. The summed E-state index contributed by atoms with van der Waals surface area (Å²) in [6.07, 6.45) is 6.65. The molecule has 2 aliphatic rings. The summed E-state index contributed by atoms with van der Waals surface area (Å²) in [5.74, 6) is 0. The van der Waals surface area contributed by atoms with Crippen LogP contribution in [0.4, 0.5) is 0 Å². The molecule has 5 nitrogen and oxygen atoms in total. The monoisotopic (exact) mass is 289 g/mol. The van der Waals surface area contributed by atoms with Crippen LogP contribution in [0.5, 0.6) is 0 Å². The van der Waals surface area contributed by atoms with Crippen molar-refractivity contribution in [2.75, 3.05) is 0 Å². The zero-order valence-electron chi connectivity index (χ0n) is 13.3. The van der Waals surface area contributed by atoms with E-state index in [0.717, 1.165) is 19.3 Å². The number of rotatable bonds is 5. The molecule has 114 valence electrons. The Morgan fingerprint density at radius 2 is 1.86 bits per heavy atom. The van der Waals surface area contributed by atoms with Crippen molar-refractivity contribution in [2.45, 2.75) is 70.1 Å². The Labute approximate surface area is 127 Å². The second-order valence-corrected chi connectivity index (χ2v) is 6.99. The molecule has 2 fully saturated rings. The average Bonchev–Trinajstić information content (AvgIpc) is 2.55. The quantitative estimate of drug-likeness (QED) is 0.602. The summed E-state index contributed by atoms with van der Waals surface area (Å²) in [5.41, 5.74) is -0.314. The van der Waals surface area contributed by atoms with Crippen molar-refractivity contribution in [1.29, 1.82) is 10.7 Å². The van der Waals surface area contributed by atoms with E-state index in [-0.39, 0.29) is 5.54 Å². The van der Waals surface area contributed by atoms with E-state index in [1.54, 1.807) is 6.20 Å². The largest absolute Gasteiger partial charge is 0.497 e. The van der Waals surface area contributed by atoms with Gasteiger partial charge in [0.2, 0.25) is 0 Å². The van der Waals surface area contributed by atoms with Crippen LogP contribution in [0.2, 0.25) is 0 Å². The molecule has 1 aliphatic heterocycles. The molecule has 0 spiro atoms. The number of hydrogen-bond acceptors (Lipinski definition) is 5. The topological polar surface area (TPSA) is 78.1 Å². The normalized spacial score (nSPS) is 25.9. The molecule has 1 heterocycles. The summed E-state index contributed by atoms with van der Waals surface area (Å²) < 4.78 is 11.9. The van der Waals surface area contributed by atoms with Gasteiger partial charge in [-0.05, 0) is 53.2 Å². The van der Waals surface area contributed by atoms with Gasteiger partial charge in [-0.2, -0.15) is 5.26 Å². The van der Waals surface area contributed by atoms with E-state index in [1.807, 2.05) is 27.7 Å². The van der Waals surface area contributed by atoms with E-state index < -0.39 is 18.3 Å². The van der Waals surface area contributed by atoms with Gasteiger partial charge in [0.1, 0.15) is 0 Å². The third kappa shape index (κ3) is 2.99. The van der Waals surface area contributed by atoms with Crippen LogP contribution in [-0.4, -0.2) is 30.1 Å². The van der Waals surface area contributed by atoms with Gasteiger partial charge >= 0.3 is 7.12 Å². The first kappa shape index (κ1) is 16.1. The van der Waals surface area contributed by atoms with Gasteiger partial charge in [0.15, 0.2) is 0 Å². The van der Waals surface area contributed by atoms with Crippen LogP contribution in [0.25, 0.3) is 0 Å². The zero-order chi connectivity index (χ0) is 15.7. The van der Waals surface area contributed by atoms with Crippen molar-refractivity contribution in [3.05, 3.63) is 11.7 Å². The van der Waals surface area contributed by atoms with Crippen molar-refractivity contribution >= 4 is 13.3 Å². The van der Waals surface area contributed by atoms with E-state index >= 15 is 0 Å². The molecule has 0 bridgehead atoms. The number of nitrogens with zero attached hydrogens (tertiary/aromatic N) is 1. The molecule has 0 aromatic rings. The van der Waals surface area contributed by atoms with Crippen molar-refractivity contribution in [3.63, 3.8) is 0 Å². The molecule has 0 aromatic carbocycles. The summed E-state index contributed by atoms with van der Waals surface area (Å²) >= 11 is 0. The molecule has 21 heavy (non-hydrogen) atoms. The number of nitrogens with one attached hydrogen (secondary N) is 2. The molecule has 0 atom stereocenters. The molecule has 1 aliphatic carbocycles. The second kappa shape index (κ2) is 5.47. The third-order valence-corrected chi connectivity index (χ3v) is 4.97. The van der Waals surface area contributed by atoms with Crippen molar-refractivity contribution in [3.8, 4) is 6.07 Å². The summed E-state index contributed by atoms with van der Waals surface area (Å²) in [5, 5.41) is 19.9. The third-order valence-electron chi connectivity index (χ3n) is 4.97. The molecular weight excluding hydrogens is 265 g/mol. The lowest BCUT2D eigenvalue weighted by Crippen LogP contribution is -2.48. The van der Waals surface area contributed by atoms with E-state index in [9.17, 15) is 0 Å². The van der Waals surface area contributed by atoms with Crippen LogP contribution in [-0.2, 0) is 9.31 Å². The standard InChI is InChI=1S/C15H24BN3O2/c1-13(2)14(3,4)21-16(20-13)12(10-18)11-19-15(8-9-17)6-5-7-15/h10-11,18-19H,5-8H2,1-4H3/b12-11+,18-10?. The van der Waals surface area contributed by atoms with Gasteiger partial charge < -0.3 is 20.0 Å². The minimum Gasteiger partial charge on any atom is -0.399 e. The molecule has 6 heteroatoms. The zero-order valence-corrected chi connectivity index (χ0v) is 13.3. The SMILES string of the molecule is CC1(C)OB(/C(C=N)=C/NC2(CC#N)CCC2)OC1(C)C. The lowest BCUT2D eigenvalue weighted by atomic mass is 9.74. The van der Waals surface area contributed by atoms with E-state index in [4.69, 9.17) is 20.0 Å². The first-order chi connectivity index (χ1) is 9.75. The highest BCUT2D eigenvalue weighted by atomic mass is 16.7. The Morgan fingerprint density at radius 3 is 2.24 bits per heavy atom. The summed E-state index contributed by atoms with van der Waals surface area (Å²) in [6, 6.07) is 2.24. The maximum atomic E-state index is 8.93. The predicted octanol–water partition coefficient (Wildman–Crippen LogP) is 2.58. The van der Waals surface area contributed by atoms with Crippen LogP contribution in [0.1, 0.15) is 53.4 Å². The van der Waals surface area contributed by atoms with Gasteiger partial charge in [0.05, 0.1) is 23.7 Å². The van der Waals surface area contributed by atoms with Gasteiger partial charge in [-0.15, -0.1) is 0 Å². The molecule has 0 aromatic heterocycles. The fourth-order valence-corrected chi connectivity index (χ4v) is 2.52. The average molecular weight is 289 g/mol. The lowest BCUT2D eigenvalue weighted by molar-refractivity contribution is 0.00578. The highest BCUT2D eigenvalue weighted by Gasteiger charge is 2.52. The van der Waals surface area contributed by atoms with Gasteiger partial charge in [0.25, 0.3) is 0 Å². The highest BCUT2D eigenvalue weighted by molar-refractivity contribution is 6.60. The molecule has 0 radical (unpaired) electrons. The number of hydrogen-bond donors (Lipinski definition) is 2. The molecular formula is C15H24BN3O2. The Morgan fingerprint density at radius 1 is 1.29 bits per heavy atom. The smallest absolute Gasteiger partial charge is 0.399 e. The highest BCUT2D eigenvalue weighted by Crippen LogP contribution is 2.39. The van der Waals surface area contributed by atoms with Gasteiger partial charge in [0, 0.05) is 17.2 Å². The van der Waals surface area contributed by atoms with Crippen molar-refractivity contribution in [2.24, 2.45) is 0 Å². The molecule has 0 unspecified atom stereocenters. The predicted molar refractivity (Wildman–Crippen MR) is 82.9 cm³/mol. The maximum absolute atomic E-state index is 8.93. The minimum absolute atomic E-state index is 0.132. The van der Waals surface area contributed by atoms with Crippen LogP contribution < -0.4 is 5.32 Å². The summed E-state index contributed by atoms with van der Waals surface area (Å²) in [6.45, 7) is 7.96. The number of allylic oxidation sites excluding steroid dienone is 1. The van der Waals surface area contributed by atoms with Crippen LogP contribution in [0, 0.1) is 16.7 Å². The summed E-state index contributed by atoms with van der Waals surface area (Å²) in [4.78, 5) is 0. The van der Waals surface area contributed by atoms with E-state index in [0.29, 0.717) is 11.9 Å². The van der Waals surface area contributed by atoms with Crippen LogP contribution in [0.3, 0.4) is 0 Å². The maximum Gasteiger partial charge on any atom is 0.497 e. The fourth-order valence-electron chi connectivity index (χ4n) is 2.52. The van der Waals surface area contributed by atoms with E-state index in [2.05, 4.69) is 11.4 Å². The van der Waals surface area contributed by atoms with Crippen LogP contribution >= 0.6 is 0 Å². The Hall–Kier alpha value is -1.32. The molecule has 0 amide bonds. The van der Waals surface area contributed by atoms with Crippen molar-refractivity contribution < 1.29 is 9.31 Å².